The molecule has 2 aromatic heterocycles. The van der Waals surface area contributed by atoms with Gasteiger partial charge in [-0.15, -0.1) is 0 Å². The number of amides is 1. The summed E-state index contributed by atoms with van der Waals surface area (Å²) in [6, 6.07) is 16.9. The number of rotatable bonds is 5. The minimum absolute atomic E-state index is 0.113. The van der Waals surface area contributed by atoms with Crippen molar-refractivity contribution in [3.8, 4) is 5.69 Å². The zero-order valence-corrected chi connectivity index (χ0v) is 17.8. The first-order valence-electron chi connectivity index (χ1n) is 10.1. The van der Waals surface area contributed by atoms with Crippen molar-refractivity contribution >= 4 is 11.6 Å². The van der Waals surface area contributed by atoms with Crippen LogP contribution in [-0.2, 0) is 6.54 Å². The highest BCUT2D eigenvalue weighted by Crippen LogP contribution is 2.19. The van der Waals surface area contributed by atoms with Gasteiger partial charge in [0.05, 0.1) is 18.6 Å². The van der Waals surface area contributed by atoms with E-state index < -0.39 is 5.91 Å². The molecule has 0 atom stereocenters. The number of benzene rings is 2. The number of nitrogens with one attached hydrogen (secondary N) is 1. The molecule has 1 amide bonds. The Bertz CT molecular complexity index is 1300. The lowest BCUT2D eigenvalue weighted by molar-refractivity contribution is 0.102. The van der Waals surface area contributed by atoms with E-state index in [1.807, 2.05) is 74.0 Å². The van der Waals surface area contributed by atoms with Gasteiger partial charge in [0, 0.05) is 23.8 Å². The van der Waals surface area contributed by atoms with E-state index in [9.17, 15) is 9.59 Å². The SMILES string of the molecule is Cc1ccc(Cn2cccc(C(=O)Nc3ccc(-n4cnc(C)c4)c(C)c3)c2=O)cc1. The molecular weight excluding hydrogens is 388 g/mol. The summed E-state index contributed by atoms with van der Waals surface area (Å²) in [5.74, 6) is -0.422. The van der Waals surface area contributed by atoms with Crippen LogP contribution in [0, 0.1) is 20.8 Å². The van der Waals surface area contributed by atoms with Gasteiger partial charge in [0.2, 0.25) is 0 Å². The third-order valence-electron chi connectivity index (χ3n) is 5.18. The first-order valence-corrected chi connectivity index (χ1v) is 10.1. The van der Waals surface area contributed by atoms with Gasteiger partial charge >= 0.3 is 0 Å². The lowest BCUT2D eigenvalue weighted by atomic mass is 10.1. The molecule has 0 saturated carbocycles. The Labute approximate surface area is 180 Å². The summed E-state index contributed by atoms with van der Waals surface area (Å²) in [5.41, 5.74) is 5.50. The topological polar surface area (TPSA) is 68.9 Å². The molecule has 156 valence electrons. The summed E-state index contributed by atoms with van der Waals surface area (Å²) in [6.45, 7) is 6.34. The molecule has 0 fully saturated rings. The van der Waals surface area contributed by atoms with E-state index in [1.54, 1.807) is 29.2 Å². The number of anilines is 1. The van der Waals surface area contributed by atoms with Crippen molar-refractivity contribution in [1.82, 2.24) is 14.1 Å². The highest BCUT2D eigenvalue weighted by atomic mass is 16.2. The molecule has 0 bridgehead atoms. The number of pyridine rings is 1. The van der Waals surface area contributed by atoms with Crippen LogP contribution in [0.1, 0.15) is 32.7 Å². The van der Waals surface area contributed by atoms with E-state index in [0.717, 1.165) is 28.1 Å². The van der Waals surface area contributed by atoms with E-state index in [1.165, 1.54) is 0 Å². The quantitative estimate of drug-likeness (QED) is 0.533. The van der Waals surface area contributed by atoms with Crippen molar-refractivity contribution in [2.75, 3.05) is 5.32 Å². The third-order valence-corrected chi connectivity index (χ3v) is 5.18. The van der Waals surface area contributed by atoms with Gasteiger partial charge in [-0.25, -0.2) is 4.98 Å². The monoisotopic (exact) mass is 412 g/mol. The maximum Gasteiger partial charge on any atom is 0.263 e. The Morgan fingerprint density at radius 2 is 1.81 bits per heavy atom. The van der Waals surface area contributed by atoms with Crippen molar-refractivity contribution in [2.24, 2.45) is 0 Å². The fraction of sp³-hybridized carbons (Fsp3) is 0.160. The van der Waals surface area contributed by atoms with Crippen LogP contribution < -0.4 is 10.9 Å². The van der Waals surface area contributed by atoms with Gasteiger partial charge in [0.25, 0.3) is 11.5 Å². The summed E-state index contributed by atoms with van der Waals surface area (Å²) in [4.78, 5) is 29.9. The average Bonchev–Trinajstić information content (AvgIpc) is 3.17. The average molecular weight is 412 g/mol. The molecule has 0 saturated heterocycles. The van der Waals surface area contributed by atoms with Crippen molar-refractivity contribution in [3.63, 3.8) is 0 Å². The van der Waals surface area contributed by atoms with Crippen LogP contribution in [0.3, 0.4) is 0 Å². The second kappa shape index (κ2) is 8.44. The molecule has 1 N–H and O–H groups in total. The molecule has 4 rings (SSSR count). The summed E-state index contributed by atoms with van der Waals surface area (Å²) in [7, 11) is 0. The largest absolute Gasteiger partial charge is 0.322 e. The Morgan fingerprint density at radius 1 is 1.03 bits per heavy atom. The van der Waals surface area contributed by atoms with Gasteiger partial charge in [0.15, 0.2) is 0 Å². The van der Waals surface area contributed by atoms with Gasteiger partial charge in [-0.2, -0.15) is 0 Å². The zero-order chi connectivity index (χ0) is 22.0. The predicted molar refractivity (Wildman–Crippen MR) is 122 cm³/mol. The number of nitrogens with zero attached hydrogens (tertiary/aromatic N) is 3. The second-order valence-electron chi connectivity index (χ2n) is 7.72. The lowest BCUT2D eigenvalue weighted by Gasteiger charge is -2.11. The van der Waals surface area contributed by atoms with Gasteiger partial charge < -0.3 is 14.5 Å². The number of carbonyl (C=O) groups is 1. The molecule has 0 aliphatic heterocycles. The zero-order valence-electron chi connectivity index (χ0n) is 17.8. The fourth-order valence-corrected chi connectivity index (χ4v) is 3.50. The van der Waals surface area contributed by atoms with Crippen LogP contribution in [0.2, 0.25) is 0 Å². The lowest BCUT2D eigenvalue weighted by Crippen LogP contribution is -2.29. The number of aryl methyl sites for hydroxylation is 3. The normalized spacial score (nSPS) is 10.8. The van der Waals surface area contributed by atoms with Crippen LogP contribution in [0.4, 0.5) is 5.69 Å². The fourth-order valence-electron chi connectivity index (χ4n) is 3.50. The maximum atomic E-state index is 12.9. The van der Waals surface area contributed by atoms with Crippen LogP contribution >= 0.6 is 0 Å². The van der Waals surface area contributed by atoms with Gasteiger partial charge in [-0.1, -0.05) is 29.8 Å². The van der Waals surface area contributed by atoms with Crippen molar-refractivity contribution in [1.29, 1.82) is 0 Å². The summed E-state index contributed by atoms with van der Waals surface area (Å²) in [6.07, 6.45) is 5.41. The molecule has 6 nitrogen and oxygen atoms in total. The Hall–Kier alpha value is -3.93. The molecule has 0 aliphatic carbocycles. The van der Waals surface area contributed by atoms with Crippen LogP contribution in [-0.4, -0.2) is 20.0 Å². The van der Waals surface area contributed by atoms with E-state index >= 15 is 0 Å². The summed E-state index contributed by atoms with van der Waals surface area (Å²) in [5, 5.41) is 2.85. The van der Waals surface area contributed by atoms with Crippen LogP contribution in [0.25, 0.3) is 5.69 Å². The molecule has 0 spiro atoms. The molecule has 4 aromatic rings. The second-order valence-corrected chi connectivity index (χ2v) is 7.72. The van der Waals surface area contributed by atoms with E-state index in [0.29, 0.717) is 12.2 Å². The standard InChI is InChI=1S/C25H24N4O2/c1-17-6-8-20(9-7-17)15-28-12-4-5-22(25(28)31)24(30)27-21-10-11-23(18(2)13-21)29-14-19(3)26-16-29/h4-14,16H,15H2,1-3H3,(H,27,30). The molecule has 6 heteroatoms. The Morgan fingerprint density at radius 3 is 2.48 bits per heavy atom. The number of hydrogen-bond donors (Lipinski definition) is 1. The first-order chi connectivity index (χ1) is 14.9. The van der Waals surface area contributed by atoms with Crippen molar-refractivity contribution in [2.45, 2.75) is 27.3 Å². The van der Waals surface area contributed by atoms with Crippen molar-refractivity contribution in [3.05, 3.63) is 112 Å². The molecular formula is C25H24N4O2. The van der Waals surface area contributed by atoms with E-state index in [2.05, 4.69) is 10.3 Å². The van der Waals surface area contributed by atoms with Gasteiger partial charge in [-0.3, -0.25) is 9.59 Å². The molecule has 0 aliphatic rings. The van der Waals surface area contributed by atoms with E-state index in [-0.39, 0.29) is 11.1 Å². The number of carbonyl (C=O) groups excluding carboxylic acids is 1. The smallest absolute Gasteiger partial charge is 0.263 e. The highest BCUT2D eigenvalue weighted by Gasteiger charge is 2.13. The summed E-state index contributed by atoms with van der Waals surface area (Å²) < 4.78 is 3.49. The first kappa shape index (κ1) is 20.3. The predicted octanol–water partition coefficient (Wildman–Crippen LogP) is 4.26. The molecule has 2 aromatic carbocycles. The molecule has 0 radical (unpaired) electrons. The van der Waals surface area contributed by atoms with Crippen molar-refractivity contribution < 1.29 is 4.79 Å². The minimum Gasteiger partial charge on any atom is -0.322 e. The minimum atomic E-state index is -0.422. The maximum absolute atomic E-state index is 12.9. The number of aromatic nitrogens is 3. The Balaban J connectivity index is 1.54. The van der Waals surface area contributed by atoms with Gasteiger partial charge in [0.1, 0.15) is 5.56 Å². The number of imidazole rings is 1. The third kappa shape index (κ3) is 4.48. The van der Waals surface area contributed by atoms with Gasteiger partial charge in [-0.05, 0) is 62.2 Å². The van der Waals surface area contributed by atoms with Crippen LogP contribution in [0.15, 0.2) is 78.1 Å². The molecule has 2 heterocycles. The Kier molecular flexibility index (Phi) is 5.54. The molecule has 31 heavy (non-hydrogen) atoms. The number of hydrogen-bond acceptors (Lipinski definition) is 3. The van der Waals surface area contributed by atoms with Crippen LogP contribution in [0.5, 0.6) is 0 Å². The highest BCUT2D eigenvalue weighted by molar-refractivity contribution is 6.04. The van der Waals surface area contributed by atoms with E-state index in [4.69, 9.17) is 0 Å². The summed E-state index contributed by atoms with van der Waals surface area (Å²) >= 11 is 0. The molecule has 0 unspecified atom stereocenters.